The number of rotatable bonds is 6. The van der Waals surface area contributed by atoms with Crippen LogP contribution in [0.15, 0.2) is 24.4 Å². The van der Waals surface area contributed by atoms with Crippen LogP contribution in [0.3, 0.4) is 0 Å². The fourth-order valence-corrected chi connectivity index (χ4v) is 2.41. The summed E-state index contributed by atoms with van der Waals surface area (Å²) in [6.07, 6.45) is 2.51. The first-order valence-electron chi connectivity index (χ1n) is 6.97. The van der Waals surface area contributed by atoms with Crippen LogP contribution in [0.4, 0.5) is 5.69 Å². The maximum absolute atomic E-state index is 12.1. The summed E-state index contributed by atoms with van der Waals surface area (Å²) >= 11 is 0. The van der Waals surface area contributed by atoms with Crippen molar-refractivity contribution in [1.29, 1.82) is 0 Å². The second-order valence-electron chi connectivity index (χ2n) is 5.19. The number of carbonyl (C=O) groups excluding carboxylic acids is 1. The third-order valence-electron chi connectivity index (χ3n) is 4.03. The molecule has 1 aromatic carbocycles. The first-order valence-corrected chi connectivity index (χ1v) is 6.97. The lowest BCUT2D eigenvalue weighted by atomic mass is 9.79. The van der Waals surface area contributed by atoms with Crippen molar-refractivity contribution in [3.8, 4) is 0 Å². The van der Waals surface area contributed by atoms with Crippen LogP contribution in [0.2, 0.25) is 0 Å². The van der Waals surface area contributed by atoms with Crippen LogP contribution in [-0.2, 0) is 9.59 Å². The van der Waals surface area contributed by atoms with Crippen molar-refractivity contribution in [2.75, 3.05) is 5.32 Å². The summed E-state index contributed by atoms with van der Waals surface area (Å²) < 4.78 is 0. The number of aromatic nitrogens is 2. The van der Waals surface area contributed by atoms with Gasteiger partial charge in [0.25, 0.3) is 0 Å². The van der Waals surface area contributed by atoms with Gasteiger partial charge < -0.3 is 10.4 Å². The van der Waals surface area contributed by atoms with Gasteiger partial charge in [-0.2, -0.15) is 5.10 Å². The van der Waals surface area contributed by atoms with Crippen LogP contribution in [0.1, 0.15) is 33.1 Å². The Morgan fingerprint density at radius 3 is 2.67 bits per heavy atom. The van der Waals surface area contributed by atoms with E-state index >= 15 is 0 Å². The minimum Gasteiger partial charge on any atom is -0.481 e. The third-order valence-corrected chi connectivity index (χ3v) is 4.03. The van der Waals surface area contributed by atoms with E-state index in [-0.39, 0.29) is 12.3 Å². The summed E-state index contributed by atoms with van der Waals surface area (Å²) in [6, 6.07) is 5.40. The average Bonchev–Trinajstić information content (AvgIpc) is 2.92. The zero-order chi connectivity index (χ0) is 15.5. The van der Waals surface area contributed by atoms with Crippen molar-refractivity contribution < 1.29 is 14.7 Å². The lowest BCUT2D eigenvalue weighted by Crippen LogP contribution is -2.34. The quantitative estimate of drug-likeness (QED) is 0.762. The molecule has 0 aliphatic rings. The first kappa shape index (κ1) is 15.0. The van der Waals surface area contributed by atoms with Gasteiger partial charge in [-0.1, -0.05) is 13.8 Å². The summed E-state index contributed by atoms with van der Waals surface area (Å²) in [6.45, 7) is 3.59. The molecule has 6 nitrogen and oxygen atoms in total. The fraction of sp³-hybridized carbons (Fsp3) is 0.400. The van der Waals surface area contributed by atoms with Gasteiger partial charge in [-0.3, -0.25) is 14.7 Å². The zero-order valence-corrected chi connectivity index (χ0v) is 12.1. The molecule has 0 saturated carbocycles. The number of nitrogens with one attached hydrogen (secondary N) is 2. The predicted octanol–water partition coefficient (Wildman–Crippen LogP) is 2.78. The number of anilines is 1. The molecule has 0 spiro atoms. The number of aliphatic carboxylic acids is 1. The number of carboxylic acid groups (broad SMARTS) is 1. The number of hydrogen-bond donors (Lipinski definition) is 3. The highest BCUT2D eigenvalue weighted by Gasteiger charge is 2.37. The van der Waals surface area contributed by atoms with E-state index in [4.69, 9.17) is 0 Å². The highest BCUT2D eigenvalue weighted by atomic mass is 16.4. The number of nitrogens with zero attached hydrogens (tertiary/aromatic N) is 1. The molecule has 0 radical (unpaired) electrons. The summed E-state index contributed by atoms with van der Waals surface area (Å²) in [4.78, 5) is 23.5. The molecule has 0 atom stereocenters. The van der Waals surface area contributed by atoms with E-state index in [1.54, 1.807) is 32.2 Å². The third kappa shape index (κ3) is 3.04. The second-order valence-corrected chi connectivity index (χ2v) is 5.19. The molecule has 0 aliphatic carbocycles. The van der Waals surface area contributed by atoms with E-state index in [0.29, 0.717) is 18.5 Å². The monoisotopic (exact) mass is 289 g/mol. The summed E-state index contributed by atoms with van der Waals surface area (Å²) in [5, 5.41) is 19.8. The number of carboxylic acids is 1. The van der Waals surface area contributed by atoms with Crippen LogP contribution >= 0.6 is 0 Å². The Hall–Kier alpha value is -2.37. The van der Waals surface area contributed by atoms with Crippen molar-refractivity contribution in [3.05, 3.63) is 24.4 Å². The van der Waals surface area contributed by atoms with Gasteiger partial charge in [0.05, 0.1) is 17.1 Å². The molecule has 0 bridgehead atoms. The van der Waals surface area contributed by atoms with Crippen molar-refractivity contribution >= 4 is 28.5 Å². The van der Waals surface area contributed by atoms with Crippen molar-refractivity contribution in [1.82, 2.24) is 10.2 Å². The van der Waals surface area contributed by atoms with E-state index in [1.165, 1.54) is 0 Å². The van der Waals surface area contributed by atoms with Gasteiger partial charge in [0.2, 0.25) is 5.91 Å². The molecule has 0 aliphatic heterocycles. The molecule has 0 unspecified atom stereocenters. The average molecular weight is 289 g/mol. The lowest BCUT2D eigenvalue weighted by molar-refractivity contribution is -0.151. The van der Waals surface area contributed by atoms with Gasteiger partial charge in [0.15, 0.2) is 0 Å². The van der Waals surface area contributed by atoms with Crippen molar-refractivity contribution in [3.63, 3.8) is 0 Å². The second kappa shape index (κ2) is 5.95. The molecule has 112 valence electrons. The van der Waals surface area contributed by atoms with Crippen molar-refractivity contribution in [2.24, 2.45) is 5.41 Å². The van der Waals surface area contributed by atoms with Crippen LogP contribution in [0.5, 0.6) is 0 Å². The van der Waals surface area contributed by atoms with Crippen LogP contribution in [-0.4, -0.2) is 27.2 Å². The number of fused-ring (bicyclic) bond motifs is 1. The largest absolute Gasteiger partial charge is 0.481 e. The number of H-pyrrole nitrogens is 1. The molecule has 21 heavy (non-hydrogen) atoms. The van der Waals surface area contributed by atoms with E-state index in [1.807, 2.05) is 6.07 Å². The minimum atomic E-state index is -0.998. The van der Waals surface area contributed by atoms with E-state index in [0.717, 1.165) is 10.9 Å². The predicted molar refractivity (Wildman–Crippen MR) is 80.0 cm³/mol. The summed E-state index contributed by atoms with van der Waals surface area (Å²) in [7, 11) is 0. The van der Waals surface area contributed by atoms with Gasteiger partial charge in [0.1, 0.15) is 0 Å². The number of amides is 1. The van der Waals surface area contributed by atoms with Gasteiger partial charge in [-0.05, 0) is 31.0 Å². The molecule has 3 N–H and O–H groups in total. The normalized spacial score (nSPS) is 11.5. The zero-order valence-electron chi connectivity index (χ0n) is 12.1. The molecular formula is C15H19N3O3. The molecular weight excluding hydrogens is 270 g/mol. The Morgan fingerprint density at radius 1 is 1.33 bits per heavy atom. The fourth-order valence-electron chi connectivity index (χ4n) is 2.41. The number of carbonyl (C=O) groups is 2. The Balaban J connectivity index is 2.11. The summed E-state index contributed by atoms with van der Waals surface area (Å²) in [5.41, 5.74) is 0.453. The van der Waals surface area contributed by atoms with Gasteiger partial charge in [-0.25, -0.2) is 0 Å². The van der Waals surface area contributed by atoms with Gasteiger partial charge in [0, 0.05) is 17.5 Å². The molecule has 0 saturated heterocycles. The lowest BCUT2D eigenvalue weighted by Gasteiger charge is -2.25. The van der Waals surface area contributed by atoms with E-state index < -0.39 is 11.4 Å². The van der Waals surface area contributed by atoms with Crippen LogP contribution in [0, 0.1) is 5.41 Å². The molecule has 1 heterocycles. The topological polar surface area (TPSA) is 95.1 Å². The first-order chi connectivity index (χ1) is 10.0. The van der Waals surface area contributed by atoms with E-state index in [2.05, 4.69) is 15.5 Å². The number of hydrogen-bond acceptors (Lipinski definition) is 3. The maximum Gasteiger partial charge on any atom is 0.310 e. The van der Waals surface area contributed by atoms with Gasteiger partial charge >= 0.3 is 5.97 Å². The Bertz CT molecular complexity index is 659. The van der Waals surface area contributed by atoms with E-state index in [9.17, 15) is 14.7 Å². The number of aromatic amines is 1. The van der Waals surface area contributed by atoms with Crippen LogP contribution in [0.25, 0.3) is 10.9 Å². The SMILES string of the molecule is CCC(CC)(CC(=O)Nc1ccc2cn[nH]c2c1)C(=O)O. The van der Waals surface area contributed by atoms with Gasteiger partial charge in [-0.15, -0.1) is 0 Å². The minimum absolute atomic E-state index is 0.0314. The smallest absolute Gasteiger partial charge is 0.310 e. The Morgan fingerprint density at radius 2 is 2.05 bits per heavy atom. The molecule has 2 aromatic rings. The molecule has 2 rings (SSSR count). The highest BCUT2D eigenvalue weighted by Crippen LogP contribution is 2.31. The standard InChI is InChI=1S/C15H19N3O3/c1-3-15(4-2,14(20)21)8-13(19)17-11-6-5-10-9-16-18-12(10)7-11/h5-7,9H,3-4,8H2,1-2H3,(H,16,18)(H,17,19)(H,20,21). The molecule has 1 aromatic heterocycles. The van der Waals surface area contributed by atoms with Crippen LogP contribution < -0.4 is 5.32 Å². The van der Waals surface area contributed by atoms with Crippen molar-refractivity contribution in [2.45, 2.75) is 33.1 Å². The Labute approximate surface area is 122 Å². The molecule has 6 heteroatoms. The molecule has 1 amide bonds. The molecule has 0 fully saturated rings. The Kier molecular flexibility index (Phi) is 4.26. The number of benzene rings is 1. The maximum atomic E-state index is 12.1. The summed E-state index contributed by atoms with van der Waals surface area (Å²) in [5.74, 6) is -1.22. The highest BCUT2D eigenvalue weighted by molar-refractivity contribution is 5.96.